The van der Waals surface area contributed by atoms with Gasteiger partial charge in [0.1, 0.15) is 5.41 Å². The van der Waals surface area contributed by atoms with Gasteiger partial charge in [0, 0.05) is 0 Å². The normalized spacial score (nSPS) is 17.3. The molecule has 0 heterocycles. The van der Waals surface area contributed by atoms with E-state index in [1.807, 2.05) is 20.8 Å². The largest absolute Gasteiger partial charge is 0.240 e. The standard InChI is InChI=1S/C9H20FP.C2H6/c1-5-9(10,11)6-8(4)7(2)3;1-2/h7-8H,5-6,11H2,1-4H3;1-2H3. The molecule has 0 aromatic carbocycles. The summed E-state index contributed by atoms with van der Waals surface area (Å²) in [6.07, 6.45) is 1.25. The SMILES string of the molecule is CC.CCC(F)(P)CC(C)C(C)C. The molecule has 3 atom stereocenters. The molecule has 0 aromatic heterocycles. The Morgan fingerprint density at radius 2 is 1.62 bits per heavy atom. The molecule has 0 saturated heterocycles. The van der Waals surface area contributed by atoms with E-state index < -0.39 is 5.41 Å². The number of hydrogen-bond donors (Lipinski definition) is 0. The van der Waals surface area contributed by atoms with Crippen LogP contribution in [0.2, 0.25) is 0 Å². The van der Waals surface area contributed by atoms with Crippen molar-refractivity contribution in [3.05, 3.63) is 0 Å². The average Bonchev–Trinajstić information content (AvgIpc) is 2.07. The topological polar surface area (TPSA) is 0 Å². The third-order valence-corrected chi connectivity index (χ3v) is 3.03. The maximum atomic E-state index is 13.4. The van der Waals surface area contributed by atoms with Crippen LogP contribution in [0.5, 0.6) is 0 Å². The van der Waals surface area contributed by atoms with E-state index in [1.54, 1.807) is 0 Å². The van der Waals surface area contributed by atoms with Gasteiger partial charge >= 0.3 is 0 Å². The van der Waals surface area contributed by atoms with Gasteiger partial charge in [0.2, 0.25) is 0 Å². The summed E-state index contributed by atoms with van der Waals surface area (Å²) in [5.41, 5.74) is 0. The minimum atomic E-state index is -1.04. The van der Waals surface area contributed by atoms with Gasteiger partial charge in [0.05, 0.1) is 0 Å². The molecule has 2 heteroatoms. The summed E-state index contributed by atoms with van der Waals surface area (Å²) >= 11 is 0. The van der Waals surface area contributed by atoms with Gasteiger partial charge in [-0.1, -0.05) is 50.8 Å². The molecular formula is C11H26FP. The number of rotatable bonds is 4. The van der Waals surface area contributed by atoms with Crippen molar-refractivity contribution >= 4 is 9.24 Å². The Balaban J connectivity index is 0. The molecule has 0 spiro atoms. The van der Waals surface area contributed by atoms with Gasteiger partial charge in [-0.2, -0.15) is 0 Å². The molecule has 0 N–H and O–H groups in total. The Kier molecular flexibility index (Phi) is 9.41. The van der Waals surface area contributed by atoms with Crippen LogP contribution in [-0.2, 0) is 0 Å². The molecule has 0 aliphatic carbocycles. The van der Waals surface area contributed by atoms with E-state index >= 15 is 0 Å². The van der Waals surface area contributed by atoms with Crippen molar-refractivity contribution in [2.75, 3.05) is 0 Å². The van der Waals surface area contributed by atoms with Crippen LogP contribution < -0.4 is 0 Å². The second-order valence-corrected chi connectivity index (χ2v) is 4.85. The smallest absolute Gasteiger partial charge is 0.123 e. The summed E-state index contributed by atoms with van der Waals surface area (Å²) in [5.74, 6) is 1.05. The van der Waals surface area contributed by atoms with Crippen LogP contribution in [0.25, 0.3) is 0 Å². The van der Waals surface area contributed by atoms with Gasteiger partial charge in [-0.25, -0.2) is 4.39 Å². The summed E-state index contributed by atoms with van der Waals surface area (Å²) in [6, 6.07) is 0. The number of halogens is 1. The summed E-state index contributed by atoms with van der Waals surface area (Å²) in [6.45, 7) is 12.3. The zero-order valence-electron chi connectivity index (χ0n) is 10.0. The molecule has 0 aliphatic heterocycles. The summed E-state index contributed by atoms with van der Waals surface area (Å²) < 4.78 is 13.4. The fourth-order valence-electron chi connectivity index (χ4n) is 0.915. The Morgan fingerprint density at radius 3 is 1.85 bits per heavy atom. The van der Waals surface area contributed by atoms with Crippen LogP contribution in [0, 0.1) is 11.8 Å². The van der Waals surface area contributed by atoms with Crippen LogP contribution >= 0.6 is 9.24 Å². The third-order valence-electron chi connectivity index (χ3n) is 2.39. The lowest BCUT2D eigenvalue weighted by molar-refractivity contribution is 0.204. The molecule has 0 radical (unpaired) electrons. The van der Waals surface area contributed by atoms with Crippen molar-refractivity contribution in [3.63, 3.8) is 0 Å². The zero-order chi connectivity index (χ0) is 11.1. The van der Waals surface area contributed by atoms with Crippen molar-refractivity contribution in [1.29, 1.82) is 0 Å². The maximum Gasteiger partial charge on any atom is 0.123 e. The van der Waals surface area contributed by atoms with E-state index in [0.29, 0.717) is 24.7 Å². The van der Waals surface area contributed by atoms with Gasteiger partial charge in [-0.15, -0.1) is 0 Å². The summed E-state index contributed by atoms with van der Waals surface area (Å²) in [5, 5.41) is -1.04. The van der Waals surface area contributed by atoms with E-state index in [4.69, 9.17) is 0 Å². The van der Waals surface area contributed by atoms with Gasteiger partial charge in [-0.3, -0.25) is 0 Å². The highest BCUT2D eigenvalue weighted by Crippen LogP contribution is 2.34. The molecule has 3 unspecified atom stereocenters. The lowest BCUT2D eigenvalue weighted by Gasteiger charge is -2.24. The van der Waals surface area contributed by atoms with Crippen molar-refractivity contribution < 1.29 is 4.39 Å². The lowest BCUT2D eigenvalue weighted by Crippen LogP contribution is -2.19. The maximum absolute atomic E-state index is 13.4. The van der Waals surface area contributed by atoms with E-state index in [0.717, 1.165) is 0 Å². The predicted octanol–water partition coefficient (Wildman–Crippen LogP) is 4.65. The first-order valence-corrected chi connectivity index (χ1v) is 5.94. The second kappa shape index (κ2) is 7.74. The highest BCUT2D eigenvalue weighted by Gasteiger charge is 2.24. The molecule has 0 fully saturated rings. The van der Waals surface area contributed by atoms with E-state index in [2.05, 4.69) is 30.0 Å². The highest BCUT2D eigenvalue weighted by molar-refractivity contribution is 7.18. The minimum Gasteiger partial charge on any atom is -0.240 e. The summed E-state index contributed by atoms with van der Waals surface area (Å²) in [7, 11) is 2.31. The van der Waals surface area contributed by atoms with Crippen LogP contribution in [0.15, 0.2) is 0 Å². The van der Waals surface area contributed by atoms with Crippen LogP contribution in [0.1, 0.15) is 54.4 Å². The van der Waals surface area contributed by atoms with Crippen LogP contribution in [-0.4, -0.2) is 5.41 Å². The molecular weight excluding hydrogens is 182 g/mol. The van der Waals surface area contributed by atoms with Gasteiger partial charge in [0.15, 0.2) is 0 Å². The average molecular weight is 208 g/mol. The molecule has 0 rings (SSSR count). The van der Waals surface area contributed by atoms with Crippen LogP contribution in [0.4, 0.5) is 4.39 Å². The fraction of sp³-hybridized carbons (Fsp3) is 1.00. The summed E-state index contributed by atoms with van der Waals surface area (Å²) in [4.78, 5) is 0. The van der Waals surface area contributed by atoms with Gasteiger partial charge < -0.3 is 0 Å². The minimum absolute atomic E-state index is 0.470. The molecule has 82 valence electrons. The third kappa shape index (κ3) is 8.68. The first-order chi connectivity index (χ1) is 5.89. The fourth-order valence-corrected chi connectivity index (χ4v) is 1.29. The van der Waals surface area contributed by atoms with E-state index in [-0.39, 0.29) is 0 Å². The van der Waals surface area contributed by atoms with E-state index in [1.165, 1.54) is 0 Å². The molecule has 0 aromatic rings. The van der Waals surface area contributed by atoms with Crippen molar-refractivity contribution in [2.45, 2.75) is 59.8 Å². The van der Waals surface area contributed by atoms with Crippen molar-refractivity contribution in [1.82, 2.24) is 0 Å². The van der Waals surface area contributed by atoms with Crippen molar-refractivity contribution in [3.8, 4) is 0 Å². The number of hydrogen-bond acceptors (Lipinski definition) is 0. The second-order valence-electron chi connectivity index (χ2n) is 3.81. The van der Waals surface area contributed by atoms with E-state index in [9.17, 15) is 4.39 Å². The quantitative estimate of drug-likeness (QED) is 0.590. The predicted molar refractivity (Wildman–Crippen MR) is 63.8 cm³/mol. The Morgan fingerprint density at radius 1 is 1.23 bits per heavy atom. The molecule has 0 amide bonds. The van der Waals surface area contributed by atoms with Crippen LogP contribution in [0.3, 0.4) is 0 Å². The Labute approximate surface area is 85.9 Å². The van der Waals surface area contributed by atoms with Gasteiger partial charge in [-0.05, 0) is 24.7 Å². The van der Waals surface area contributed by atoms with Crippen molar-refractivity contribution in [2.24, 2.45) is 11.8 Å². The zero-order valence-corrected chi connectivity index (χ0v) is 11.2. The Hall–Kier alpha value is 0.360. The van der Waals surface area contributed by atoms with Gasteiger partial charge in [0.25, 0.3) is 0 Å². The Bertz CT molecular complexity index is 111. The lowest BCUT2D eigenvalue weighted by atomic mass is 9.91. The first kappa shape index (κ1) is 15.8. The molecule has 0 nitrogen and oxygen atoms in total. The molecule has 0 aliphatic rings. The monoisotopic (exact) mass is 208 g/mol. The first-order valence-electron chi connectivity index (χ1n) is 5.37. The molecule has 13 heavy (non-hydrogen) atoms. The molecule has 0 saturated carbocycles. The number of alkyl halides is 1. The highest BCUT2D eigenvalue weighted by atomic mass is 31.0. The molecule has 0 bridgehead atoms.